The minimum absolute atomic E-state index is 0.0536. The Labute approximate surface area is 63.3 Å². The van der Waals surface area contributed by atoms with E-state index in [-0.39, 0.29) is 24.5 Å². The first-order valence-electron chi connectivity index (χ1n) is 2.78. The first-order chi connectivity index (χ1) is 4.66. The predicted octanol–water partition coefficient (Wildman–Crippen LogP) is 0.0767. The normalized spacial score (nSPS) is 19.0. The van der Waals surface area contributed by atoms with Crippen molar-refractivity contribution in [2.45, 2.75) is 0 Å². The number of carbonyl (C=O) groups excluding carboxylic acids is 2. The summed E-state index contributed by atoms with van der Waals surface area (Å²) in [5.74, 6) is -0.234. The molecule has 1 rings (SSSR count). The molecule has 1 aliphatic rings. The quantitative estimate of drug-likeness (QED) is 0.311. The van der Waals surface area contributed by atoms with Crippen molar-refractivity contribution in [1.29, 1.82) is 0 Å². The molecule has 1 heterocycles. The third-order valence-corrected chi connectivity index (χ3v) is 1.59. The fourth-order valence-electron chi connectivity index (χ4n) is 0.786. The van der Waals surface area contributed by atoms with Crippen LogP contribution in [0.3, 0.4) is 0 Å². The number of urea groups is 1. The summed E-state index contributed by atoms with van der Waals surface area (Å²) >= 11 is 5.32. The molecule has 0 saturated carbocycles. The fraction of sp³-hybridized carbons (Fsp3) is 0.600. The van der Waals surface area contributed by atoms with Gasteiger partial charge in [-0.05, 0) is 0 Å². The highest BCUT2D eigenvalue weighted by molar-refractivity contribution is 6.21. The van der Waals surface area contributed by atoms with Crippen molar-refractivity contribution in [3.05, 3.63) is 0 Å². The molecular formula is C5H7ClN2O2. The minimum atomic E-state index is -0.319. The van der Waals surface area contributed by atoms with E-state index in [0.29, 0.717) is 0 Å². The highest BCUT2D eigenvalue weighted by Gasteiger charge is 2.32. The van der Waals surface area contributed by atoms with Gasteiger partial charge in [0.05, 0.1) is 0 Å². The molecule has 1 fully saturated rings. The molecule has 0 N–H and O–H groups in total. The molecule has 0 radical (unpaired) electrons. The largest absolute Gasteiger partial charge is 0.328 e. The molecule has 0 spiro atoms. The number of hydrogen-bond donors (Lipinski definition) is 0. The Morgan fingerprint density at radius 1 is 1.60 bits per heavy atom. The van der Waals surface area contributed by atoms with Gasteiger partial charge >= 0.3 is 6.03 Å². The molecule has 56 valence electrons. The van der Waals surface area contributed by atoms with Gasteiger partial charge in [0.2, 0.25) is 0 Å². The Balaban J connectivity index is 2.74. The van der Waals surface area contributed by atoms with Crippen LogP contribution >= 0.6 is 11.6 Å². The molecule has 4 nitrogen and oxygen atoms in total. The zero-order valence-corrected chi connectivity index (χ0v) is 6.26. The van der Waals surface area contributed by atoms with Gasteiger partial charge in [-0.2, -0.15) is 0 Å². The maximum atomic E-state index is 10.9. The predicted molar refractivity (Wildman–Crippen MR) is 35.6 cm³/mol. The van der Waals surface area contributed by atoms with E-state index in [1.165, 1.54) is 4.90 Å². The van der Waals surface area contributed by atoms with Crippen LogP contribution in [0.15, 0.2) is 0 Å². The Morgan fingerprint density at radius 2 is 2.20 bits per heavy atom. The van der Waals surface area contributed by atoms with Gasteiger partial charge in [0.25, 0.3) is 5.91 Å². The topological polar surface area (TPSA) is 40.6 Å². The summed E-state index contributed by atoms with van der Waals surface area (Å²) in [6.45, 7) is 0.144. The van der Waals surface area contributed by atoms with Crippen molar-refractivity contribution < 1.29 is 9.59 Å². The van der Waals surface area contributed by atoms with Gasteiger partial charge in [0.1, 0.15) is 12.5 Å². The van der Waals surface area contributed by atoms with Crippen molar-refractivity contribution in [2.24, 2.45) is 0 Å². The second-order valence-electron chi connectivity index (χ2n) is 2.08. The number of amides is 3. The molecule has 0 aromatic heterocycles. The number of imide groups is 1. The van der Waals surface area contributed by atoms with Gasteiger partial charge < -0.3 is 4.90 Å². The summed E-state index contributed by atoms with van der Waals surface area (Å²) in [6, 6.07) is -0.373. The molecule has 0 aromatic rings. The molecule has 0 aliphatic carbocycles. The lowest BCUT2D eigenvalue weighted by Gasteiger charge is -2.08. The number of rotatable bonds is 1. The number of nitrogens with zero attached hydrogens (tertiary/aromatic N) is 2. The summed E-state index contributed by atoms with van der Waals surface area (Å²) in [4.78, 5) is 24.0. The summed E-state index contributed by atoms with van der Waals surface area (Å²) < 4.78 is 0. The Hall–Kier alpha value is -0.770. The van der Waals surface area contributed by atoms with Crippen LogP contribution in [-0.4, -0.2) is 41.3 Å². The molecular weight excluding hydrogens is 156 g/mol. The van der Waals surface area contributed by atoms with Crippen molar-refractivity contribution in [3.63, 3.8) is 0 Å². The maximum absolute atomic E-state index is 10.9. The molecule has 0 unspecified atom stereocenters. The number of likely N-dealkylation sites (N-methyl/N-ethyl adjacent to an activating group) is 1. The third-order valence-electron chi connectivity index (χ3n) is 1.35. The highest BCUT2D eigenvalue weighted by atomic mass is 35.5. The van der Waals surface area contributed by atoms with Crippen molar-refractivity contribution >= 4 is 23.5 Å². The summed E-state index contributed by atoms with van der Waals surface area (Å²) in [6.07, 6.45) is 0. The van der Waals surface area contributed by atoms with Gasteiger partial charge in [-0.15, -0.1) is 11.6 Å². The number of hydrogen-bond acceptors (Lipinski definition) is 2. The van der Waals surface area contributed by atoms with E-state index in [4.69, 9.17) is 11.6 Å². The lowest BCUT2D eigenvalue weighted by Crippen LogP contribution is -2.30. The van der Waals surface area contributed by atoms with E-state index in [0.717, 1.165) is 4.90 Å². The Kier molecular flexibility index (Phi) is 1.80. The molecule has 0 atom stereocenters. The number of halogens is 1. The maximum Gasteiger partial charge on any atom is 0.328 e. The number of carbonyl (C=O) groups is 2. The minimum Gasteiger partial charge on any atom is -0.318 e. The summed E-state index contributed by atoms with van der Waals surface area (Å²) in [5, 5.41) is 0. The summed E-state index contributed by atoms with van der Waals surface area (Å²) in [5.41, 5.74) is 0. The SMILES string of the molecule is CN1CC(=O)N(CCl)C1=O. The molecule has 3 amide bonds. The van der Waals surface area contributed by atoms with E-state index in [1.54, 1.807) is 7.05 Å². The fourth-order valence-corrected chi connectivity index (χ4v) is 1.02. The second-order valence-corrected chi connectivity index (χ2v) is 2.32. The lowest BCUT2D eigenvalue weighted by atomic mass is 10.6. The Bertz CT molecular complexity index is 182. The van der Waals surface area contributed by atoms with Crippen LogP contribution in [0.4, 0.5) is 4.79 Å². The highest BCUT2D eigenvalue weighted by Crippen LogP contribution is 2.07. The molecule has 5 heteroatoms. The zero-order valence-electron chi connectivity index (χ0n) is 5.50. The molecule has 10 heavy (non-hydrogen) atoms. The van der Waals surface area contributed by atoms with Gasteiger partial charge in [-0.25, -0.2) is 9.69 Å². The number of alkyl halides is 1. The average Bonchev–Trinajstić information content (AvgIpc) is 2.09. The molecule has 1 aliphatic heterocycles. The van der Waals surface area contributed by atoms with Gasteiger partial charge in [0.15, 0.2) is 0 Å². The third kappa shape index (κ3) is 0.945. The zero-order chi connectivity index (χ0) is 7.72. The van der Waals surface area contributed by atoms with Crippen molar-refractivity contribution in [3.8, 4) is 0 Å². The van der Waals surface area contributed by atoms with E-state index >= 15 is 0 Å². The lowest BCUT2D eigenvalue weighted by molar-refractivity contribution is -0.124. The van der Waals surface area contributed by atoms with E-state index < -0.39 is 0 Å². The van der Waals surface area contributed by atoms with E-state index in [9.17, 15) is 9.59 Å². The van der Waals surface area contributed by atoms with Gasteiger partial charge in [-0.3, -0.25) is 4.79 Å². The van der Waals surface area contributed by atoms with Gasteiger partial charge in [-0.1, -0.05) is 0 Å². The van der Waals surface area contributed by atoms with Crippen LogP contribution in [0.5, 0.6) is 0 Å². The second kappa shape index (κ2) is 2.46. The van der Waals surface area contributed by atoms with Crippen LogP contribution < -0.4 is 0 Å². The Morgan fingerprint density at radius 3 is 2.40 bits per heavy atom. The van der Waals surface area contributed by atoms with E-state index in [2.05, 4.69) is 0 Å². The monoisotopic (exact) mass is 162 g/mol. The van der Waals surface area contributed by atoms with Crippen LogP contribution in [0, 0.1) is 0 Å². The summed E-state index contributed by atoms with van der Waals surface area (Å²) in [7, 11) is 1.56. The van der Waals surface area contributed by atoms with Gasteiger partial charge in [0, 0.05) is 7.05 Å². The van der Waals surface area contributed by atoms with Crippen molar-refractivity contribution in [2.75, 3.05) is 19.6 Å². The standard InChI is InChI=1S/C5H7ClN2O2/c1-7-2-4(9)8(3-6)5(7)10/h2-3H2,1H3. The van der Waals surface area contributed by atoms with Crippen LogP contribution in [0.2, 0.25) is 0 Å². The molecule has 0 bridgehead atoms. The van der Waals surface area contributed by atoms with Crippen LogP contribution in [0.25, 0.3) is 0 Å². The van der Waals surface area contributed by atoms with Crippen LogP contribution in [0.1, 0.15) is 0 Å². The smallest absolute Gasteiger partial charge is 0.318 e. The molecule has 0 aromatic carbocycles. The first kappa shape index (κ1) is 7.34. The van der Waals surface area contributed by atoms with E-state index in [1.807, 2.05) is 0 Å². The van der Waals surface area contributed by atoms with Crippen LogP contribution in [-0.2, 0) is 4.79 Å². The first-order valence-corrected chi connectivity index (χ1v) is 3.31. The van der Waals surface area contributed by atoms with Crippen molar-refractivity contribution in [1.82, 2.24) is 9.80 Å². The average molecular weight is 163 g/mol. The molecule has 1 saturated heterocycles.